The van der Waals surface area contributed by atoms with Crippen molar-refractivity contribution >= 4 is 11.7 Å². The summed E-state index contributed by atoms with van der Waals surface area (Å²) in [6.07, 6.45) is -4.82. The normalized spacial score (nSPS) is 21.8. The molecule has 26 heavy (non-hydrogen) atoms. The molecule has 0 bridgehead atoms. The lowest BCUT2D eigenvalue weighted by Gasteiger charge is -2.38. The zero-order chi connectivity index (χ0) is 18.9. The summed E-state index contributed by atoms with van der Waals surface area (Å²) in [4.78, 5) is 12.3. The maximum Gasteiger partial charge on any atom is 0.416 e. The van der Waals surface area contributed by atoms with Crippen molar-refractivity contribution in [2.45, 2.75) is 18.1 Å². The van der Waals surface area contributed by atoms with E-state index in [9.17, 15) is 18.0 Å². The number of halogens is 3. The summed E-state index contributed by atoms with van der Waals surface area (Å²) in [5, 5.41) is 2.58. The van der Waals surface area contributed by atoms with Gasteiger partial charge in [-0.15, -0.1) is 0 Å². The number of nitrogens with one attached hydrogen (secondary N) is 1. The molecule has 0 spiro atoms. The third kappa shape index (κ3) is 2.67. The fourth-order valence-electron chi connectivity index (χ4n) is 3.58. The number of ether oxygens (including phenoxy) is 2. The lowest BCUT2D eigenvalue weighted by molar-refractivity contribution is -0.201. The van der Waals surface area contributed by atoms with Crippen LogP contribution < -0.4 is 10.1 Å². The third-order valence-corrected chi connectivity index (χ3v) is 4.76. The van der Waals surface area contributed by atoms with Crippen molar-refractivity contribution in [2.24, 2.45) is 5.92 Å². The van der Waals surface area contributed by atoms with Crippen molar-refractivity contribution in [1.29, 1.82) is 0 Å². The Bertz CT molecular complexity index is 822. The summed E-state index contributed by atoms with van der Waals surface area (Å²) in [7, 11) is 2.47. The van der Waals surface area contributed by atoms with Crippen LogP contribution in [0.4, 0.5) is 18.9 Å². The van der Waals surface area contributed by atoms with Crippen LogP contribution in [0.3, 0.4) is 0 Å². The fraction of sp³-hybridized carbons (Fsp3) is 0.316. The van der Waals surface area contributed by atoms with Gasteiger partial charge in [-0.25, -0.2) is 0 Å². The Labute approximate surface area is 148 Å². The minimum absolute atomic E-state index is 0.0220. The smallest absolute Gasteiger partial charge is 0.416 e. The second-order valence-electron chi connectivity index (χ2n) is 6.07. The summed E-state index contributed by atoms with van der Waals surface area (Å²) >= 11 is 0. The Hall–Kier alpha value is -2.70. The number of hydrogen-bond acceptors (Lipinski definition) is 4. The van der Waals surface area contributed by atoms with Crippen LogP contribution in [0.25, 0.3) is 0 Å². The molecule has 0 saturated heterocycles. The molecule has 2 aromatic rings. The average molecular weight is 365 g/mol. The van der Waals surface area contributed by atoms with Crippen LogP contribution in [0.5, 0.6) is 5.75 Å². The quantitative estimate of drug-likeness (QED) is 0.835. The summed E-state index contributed by atoms with van der Waals surface area (Å²) in [5.74, 6) is -2.11. The van der Waals surface area contributed by atoms with Gasteiger partial charge in [0.05, 0.1) is 25.8 Å². The monoisotopic (exact) mass is 365 g/mol. The van der Waals surface area contributed by atoms with E-state index in [4.69, 9.17) is 9.47 Å². The number of para-hydroxylation sites is 2. The maximum absolute atomic E-state index is 14.5. The van der Waals surface area contributed by atoms with Gasteiger partial charge in [0.2, 0.25) is 0 Å². The van der Waals surface area contributed by atoms with Gasteiger partial charge in [-0.05, 0) is 29.7 Å². The van der Waals surface area contributed by atoms with E-state index >= 15 is 0 Å². The molecule has 0 aromatic heterocycles. The first-order valence-electron chi connectivity index (χ1n) is 7.99. The van der Waals surface area contributed by atoms with Gasteiger partial charge in [0.1, 0.15) is 5.75 Å². The van der Waals surface area contributed by atoms with Crippen molar-refractivity contribution in [1.82, 2.24) is 0 Å². The highest BCUT2D eigenvalue weighted by molar-refractivity contribution is 5.79. The molecule has 1 aliphatic rings. The molecule has 0 fully saturated rings. The number of methoxy groups -OCH3 is 2. The van der Waals surface area contributed by atoms with E-state index in [1.54, 1.807) is 30.3 Å². The van der Waals surface area contributed by atoms with Gasteiger partial charge in [0.25, 0.3) is 0 Å². The molecule has 1 aliphatic carbocycles. The van der Waals surface area contributed by atoms with Gasteiger partial charge in [0, 0.05) is 0 Å². The molecule has 0 radical (unpaired) electrons. The minimum atomic E-state index is -4.75. The molecule has 4 nitrogen and oxygen atoms in total. The molecule has 2 aromatic carbocycles. The molecule has 1 N–H and O–H groups in total. The summed E-state index contributed by atoms with van der Waals surface area (Å²) < 4.78 is 53.2. The average Bonchev–Trinajstić information content (AvgIpc) is 2.97. The van der Waals surface area contributed by atoms with Gasteiger partial charge >= 0.3 is 12.1 Å². The summed E-state index contributed by atoms with van der Waals surface area (Å²) in [6, 6.07) is 12.5. The third-order valence-electron chi connectivity index (χ3n) is 4.76. The van der Waals surface area contributed by atoms with E-state index in [0.29, 0.717) is 5.56 Å². The lowest BCUT2D eigenvalue weighted by atomic mass is 9.82. The van der Waals surface area contributed by atoms with Crippen LogP contribution in [0, 0.1) is 5.92 Å². The van der Waals surface area contributed by atoms with Crippen LogP contribution in [0.2, 0.25) is 0 Å². The number of benzene rings is 2. The SMILES string of the molecule is COC(=O)[C@H]1Cc2ccccc2[C@]1(Nc1ccccc1OC)C(F)(F)F. The Morgan fingerprint density at radius 1 is 1.12 bits per heavy atom. The maximum atomic E-state index is 14.5. The molecule has 3 rings (SSSR count). The first kappa shape index (κ1) is 18.1. The van der Waals surface area contributed by atoms with Gasteiger partial charge in [-0.1, -0.05) is 36.4 Å². The predicted octanol–water partition coefficient (Wildman–Crippen LogP) is 3.91. The minimum Gasteiger partial charge on any atom is -0.495 e. The van der Waals surface area contributed by atoms with Gasteiger partial charge < -0.3 is 14.8 Å². The van der Waals surface area contributed by atoms with Gasteiger partial charge in [0.15, 0.2) is 5.54 Å². The number of rotatable bonds is 4. The zero-order valence-corrected chi connectivity index (χ0v) is 14.3. The molecule has 2 atom stereocenters. The van der Waals surface area contributed by atoms with E-state index in [0.717, 1.165) is 7.11 Å². The number of fused-ring (bicyclic) bond motifs is 1. The van der Waals surface area contributed by atoms with Crippen LogP contribution >= 0.6 is 0 Å². The first-order chi connectivity index (χ1) is 12.3. The van der Waals surface area contributed by atoms with E-state index < -0.39 is 23.6 Å². The van der Waals surface area contributed by atoms with E-state index in [2.05, 4.69) is 5.32 Å². The first-order valence-corrected chi connectivity index (χ1v) is 7.99. The van der Waals surface area contributed by atoms with E-state index in [-0.39, 0.29) is 23.4 Å². The number of esters is 1. The van der Waals surface area contributed by atoms with Crippen LogP contribution in [-0.4, -0.2) is 26.4 Å². The molecule has 0 heterocycles. The molecule has 0 amide bonds. The number of alkyl halides is 3. The van der Waals surface area contributed by atoms with Crippen LogP contribution in [0.1, 0.15) is 11.1 Å². The molecular formula is C19H18F3NO3. The van der Waals surface area contributed by atoms with Crippen molar-refractivity contribution in [2.75, 3.05) is 19.5 Å². The number of carbonyl (C=O) groups is 1. The van der Waals surface area contributed by atoms with Crippen molar-refractivity contribution in [3.63, 3.8) is 0 Å². The van der Waals surface area contributed by atoms with Crippen molar-refractivity contribution in [3.8, 4) is 5.75 Å². The largest absolute Gasteiger partial charge is 0.495 e. The van der Waals surface area contributed by atoms with Crippen LogP contribution in [0.15, 0.2) is 48.5 Å². The van der Waals surface area contributed by atoms with E-state index in [1.807, 2.05) is 0 Å². The van der Waals surface area contributed by atoms with Crippen molar-refractivity contribution in [3.05, 3.63) is 59.7 Å². The van der Waals surface area contributed by atoms with Crippen molar-refractivity contribution < 1.29 is 27.4 Å². The molecule has 0 aliphatic heterocycles. The second-order valence-corrected chi connectivity index (χ2v) is 6.07. The Morgan fingerprint density at radius 2 is 1.77 bits per heavy atom. The molecular weight excluding hydrogens is 347 g/mol. The second kappa shape index (κ2) is 6.55. The molecule has 138 valence electrons. The Kier molecular flexibility index (Phi) is 4.56. The summed E-state index contributed by atoms with van der Waals surface area (Å²) in [6.45, 7) is 0. The van der Waals surface area contributed by atoms with E-state index in [1.165, 1.54) is 25.3 Å². The predicted molar refractivity (Wildman–Crippen MR) is 90.0 cm³/mol. The molecule has 0 saturated carbocycles. The standard InChI is InChI=1S/C19H18F3NO3/c1-25-16-10-6-5-9-15(16)23-18(19(20,21)22)13-8-4-3-7-12(13)11-14(18)17(24)26-2/h3-10,14,23H,11H2,1-2H3/t14-,18-/m1/s1. The highest BCUT2D eigenvalue weighted by Gasteiger charge is 2.66. The number of carbonyl (C=O) groups excluding carboxylic acids is 1. The highest BCUT2D eigenvalue weighted by Crippen LogP contribution is 2.54. The molecule has 0 unspecified atom stereocenters. The summed E-state index contributed by atoms with van der Waals surface area (Å²) in [5.41, 5.74) is -1.97. The highest BCUT2D eigenvalue weighted by atomic mass is 19.4. The topological polar surface area (TPSA) is 47.6 Å². The Balaban J connectivity index is 2.23. The van der Waals surface area contributed by atoms with Gasteiger partial charge in [-0.2, -0.15) is 13.2 Å². The fourth-order valence-corrected chi connectivity index (χ4v) is 3.58. The number of hydrogen-bond donors (Lipinski definition) is 1. The number of anilines is 1. The van der Waals surface area contributed by atoms with Crippen LogP contribution in [-0.2, 0) is 21.5 Å². The van der Waals surface area contributed by atoms with Gasteiger partial charge in [-0.3, -0.25) is 4.79 Å². The molecule has 7 heteroatoms. The zero-order valence-electron chi connectivity index (χ0n) is 14.3. The lowest BCUT2D eigenvalue weighted by Crippen LogP contribution is -2.55. The Morgan fingerprint density at radius 3 is 2.42 bits per heavy atom.